The summed E-state index contributed by atoms with van der Waals surface area (Å²) in [7, 11) is 4.32. The van der Waals surface area contributed by atoms with Gasteiger partial charge < -0.3 is 10.2 Å². The molecule has 1 heterocycles. The maximum atomic E-state index is 3.45. The number of rotatable bonds is 1. The van der Waals surface area contributed by atoms with Gasteiger partial charge in [0, 0.05) is 12.6 Å². The second-order valence-electron chi connectivity index (χ2n) is 4.22. The Morgan fingerprint density at radius 2 is 2.09 bits per heavy atom. The second kappa shape index (κ2) is 2.46. The second-order valence-corrected chi connectivity index (χ2v) is 4.22. The average molecular weight is 154 g/mol. The van der Waals surface area contributed by atoms with Crippen molar-refractivity contribution in [2.75, 3.05) is 27.2 Å². The number of likely N-dealkylation sites (N-methyl/N-ethyl adjacent to an activating group) is 2. The highest BCUT2D eigenvalue weighted by molar-refractivity contribution is 5.05. The van der Waals surface area contributed by atoms with Gasteiger partial charge in [0.25, 0.3) is 0 Å². The minimum Gasteiger partial charge on any atom is -0.315 e. The van der Waals surface area contributed by atoms with Gasteiger partial charge in [-0.1, -0.05) is 0 Å². The van der Waals surface area contributed by atoms with Crippen molar-refractivity contribution in [1.29, 1.82) is 0 Å². The summed E-state index contributed by atoms with van der Waals surface area (Å²) < 4.78 is 0. The van der Waals surface area contributed by atoms with Gasteiger partial charge in [-0.15, -0.1) is 0 Å². The Kier molecular flexibility index (Phi) is 1.69. The highest BCUT2D eigenvalue weighted by Crippen LogP contribution is 2.53. The Hall–Kier alpha value is -0.0800. The molecule has 64 valence electrons. The lowest BCUT2D eigenvalue weighted by Gasteiger charge is -2.37. The summed E-state index contributed by atoms with van der Waals surface area (Å²) in [5.41, 5.74) is 0.723. The zero-order chi connectivity index (χ0) is 7.90. The van der Waals surface area contributed by atoms with Crippen LogP contribution in [0.3, 0.4) is 0 Å². The molecule has 1 aliphatic heterocycles. The van der Waals surface area contributed by atoms with Crippen molar-refractivity contribution in [2.24, 2.45) is 5.41 Å². The van der Waals surface area contributed by atoms with Gasteiger partial charge in [0.2, 0.25) is 0 Å². The predicted octanol–water partition coefficient (Wildman–Crippen LogP) is 0.690. The Morgan fingerprint density at radius 3 is 2.64 bits per heavy atom. The molecule has 11 heavy (non-hydrogen) atoms. The number of nitrogens with zero attached hydrogens (tertiary/aromatic N) is 1. The standard InChI is InChI=1S/C9H18N2/c1-10-8-7-11(2)6-5-9(8)3-4-9/h8,10H,3-7H2,1-2H3/t8-/m0/s1. The average Bonchev–Trinajstić information content (AvgIpc) is 2.76. The molecule has 1 saturated carbocycles. The van der Waals surface area contributed by atoms with E-state index in [0.29, 0.717) is 0 Å². The lowest BCUT2D eigenvalue weighted by molar-refractivity contribution is 0.156. The maximum Gasteiger partial charge on any atom is 0.0248 e. The monoisotopic (exact) mass is 154 g/mol. The van der Waals surface area contributed by atoms with Crippen LogP contribution in [0.5, 0.6) is 0 Å². The quantitative estimate of drug-likeness (QED) is 0.598. The van der Waals surface area contributed by atoms with E-state index < -0.39 is 0 Å². The molecule has 0 aromatic carbocycles. The fourth-order valence-corrected chi connectivity index (χ4v) is 2.34. The van der Waals surface area contributed by atoms with E-state index in [-0.39, 0.29) is 0 Å². The van der Waals surface area contributed by atoms with Gasteiger partial charge in [0.05, 0.1) is 0 Å². The normalized spacial score (nSPS) is 36.0. The van der Waals surface area contributed by atoms with Crippen molar-refractivity contribution in [3.05, 3.63) is 0 Å². The Balaban J connectivity index is 2.01. The summed E-state index contributed by atoms with van der Waals surface area (Å²) in [6.45, 7) is 2.55. The molecular weight excluding hydrogens is 136 g/mol. The lowest BCUT2D eigenvalue weighted by atomic mass is 9.89. The van der Waals surface area contributed by atoms with E-state index >= 15 is 0 Å². The van der Waals surface area contributed by atoms with Crippen molar-refractivity contribution in [1.82, 2.24) is 10.2 Å². The molecule has 0 aromatic heterocycles. The Morgan fingerprint density at radius 1 is 1.36 bits per heavy atom. The van der Waals surface area contributed by atoms with Crippen LogP contribution in [0.25, 0.3) is 0 Å². The summed E-state index contributed by atoms with van der Waals surface area (Å²) in [4.78, 5) is 2.44. The van der Waals surface area contributed by atoms with E-state index in [2.05, 4.69) is 24.3 Å². The highest BCUT2D eigenvalue weighted by Gasteiger charge is 2.50. The largest absolute Gasteiger partial charge is 0.315 e. The van der Waals surface area contributed by atoms with Crippen molar-refractivity contribution < 1.29 is 0 Å². The van der Waals surface area contributed by atoms with Crippen LogP contribution in [-0.2, 0) is 0 Å². The molecule has 2 aliphatic rings. The molecule has 1 spiro atoms. The van der Waals surface area contributed by atoms with E-state index in [4.69, 9.17) is 0 Å². The van der Waals surface area contributed by atoms with Crippen molar-refractivity contribution >= 4 is 0 Å². The zero-order valence-electron chi connectivity index (χ0n) is 7.56. The molecule has 2 rings (SSSR count). The first kappa shape index (κ1) is 7.56. The first-order valence-corrected chi connectivity index (χ1v) is 4.63. The predicted molar refractivity (Wildman–Crippen MR) is 46.6 cm³/mol. The minimum atomic E-state index is 0.723. The maximum absolute atomic E-state index is 3.45. The van der Waals surface area contributed by atoms with Gasteiger partial charge >= 0.3 is 0 Å². The minimum absolute atomic E-state index is 0.723. The molecule has 1 aliphatic carbocycles. The van der Waals surface area contributed by atoms with Gasteiger partial charge in [-0.25, -0.2) is 0 Å². The Bertz CT molecular complexity index is 152. The van der Waals surface area contributed by atoms with E-state index in [9.17, 15) is 0 Å². The molecular formula is C9H18N2. The van der Waals surface area contributed by atoms with Crippen LogP contribution in [0, 0.1) is 5.41 Å². The van der Waals surface area contributed by atoms with Crippen molar-refractivity contribution in [3.8, 4) is 0 Å². The SMILES string of the molecule is CN[C@H]1CN(C)CCC12CC2. The van der Waals surface area contributed by atoms with Gasteiger partial charge in [0.1, 0.15) is 0 Å². The molecule has 1 N–H and O–H groups in total. The molecule has 0 radical (unpaired) electrons. The van der Waals surface area contributed by atoms with Gasteiger partial charge in [0.15, 0.2) is 0 Å². The summed E-state index contributed by atoms with van der Waals surface area (Å²) in [6, 6.07) is 0.765. The fraction of sp³-hybridized carbons (Fsp3) is 1.00. The summed E-state index contributed by atoms with van der Waals surface area (Å²) in [6.07, 6.45) is 4.34. The van der Waals surface area contributed by atoms with Crippen molar-refractivity contribution in [3.63, 3.8) is 0 Å². The lowest BCUT2D eigenvalue weighted by Crippen LogP contribution is -2.49. The van der Waals surface area contributed by atoms with Crippen molar-refractivity contribution in [2.45, 2.75) is 25.3 Å². The highest BCUT2D eigenvalue weighted by atomic mass is 15.1. The number of piperidine rings is 1. The topological polar surface area (TPSA) is 15.3 Å². The van der Waals surface area contributed by atoms with Crippen LogP contribution in [0.2, 0.25) is 0 Å². The van der Waals surface area contributed by atoms with Crippen LogP contribution in [0.1, 0.15) is 19.3 Å². The smallest absolute Gasteiger partial charge is 0.0248 e. The summed E-state index contributed by atoms with van der Waals surface area (Å²) in [5, 5.41) is 3.45. The molecule has 0 aromatic rings. The molecule has 1 saturated heterocycles. The number of nitrogens with one attached hydrogen (secondary N) is 1. The third-order valence-electron chi connectivity index (χ3n) is 3.47. The third-order valence-corrected chi connectivity index (χ3v) is 3.47. The first-order valence-electron chi connectivity index (χ1n) is 4.63. The Labute approximate surface area is 69.0 Å². The molecule has 0 bridgehead atoms. The molecule has 2 fully saturated rings. The molecule has 1 atom stereocenters. The van der Waals surface area contributed by atoms with Gasteiger partial charge in [-0.3, -0.25) is 0 Å². The van der Waals surface area contributed by atoms with E-state index in [1.807, 2.05) is 0 Å². The summed E-state index contributed by atoms with van der Waals surface area (Å²) in [5.74, 6) is 0. The van der Waals surface area contributed by atoms with Crippen LogP contribution in [0.15, 0.2) is 0 Å². The van der Waals surface area contributed by atoms with Crippen LogP contribution in [-0.4, -0.2) is 38.1 Å². The van der Waals surface area contributed by atoms with Crippen LogP contribution in [0.4, 0.5) is 0 Å². The zero-order valence-corrected chi connectivity index (χ0v) is 7.56. The van der Waals surface area contributed by atoms with Gasteiger partial charge in [-0.05, 0) is 45.3 Å². The third kappa shape index (κ3) is 1.18. The summed E-state index contributed by atoms with van der Waals surface area (Å²) >= 11 is 0. The van der Waals surface area contributed by atoms with E-state index in [0.717, 1.165) is 11.5 Å². The number of likely N-dealkylation sites (tertiary alicyclic amines) is 1. The number of hydrogen-bond acceptors (Lipinski definition) is 2. The van der Waals surface area contributed by atoms with Crippen LogP contribution < -0.4 is 5.32 Å². The number of hydrogen-bond donors (Lipinski definition) is 1. The molecule has 2 heteroatoms. The van der Waals surface area contributed by atoms with Gasteiger partial charge in [-0.2, -0.15) is 0 Å². The molecule has 0 amide bonds. The molecule has 2 nitrogen and oxygen atoms in total. The molecule has 0 unspecified atom stereocenters. The van der Waals surface area contributed by atoms with Crippen LogP contribution >= 0.6 is 0 Å². The van der Waals surface area contributed by atoms with E-state index in [1.54, 1.807) is 0 Å². The first-order chi connectivity index (χ1) is 5.27. The van der Waals surface area contributed by atoms with E-state index in [1.165, 1.54) is 32.4 Å². The fourth-order valence-electron chi connectivity index (χ4n) is 2.34.